The fraction of sp³-hybridized carbons (Fsp3) is 0.842. The maximum atomic E-state index is 6.14. The lowest BCUT2D eigenvalue weighted by molar-refractivity contribution is 0.140. The maximum Gasteiger partial charge on any atom is 0.0974 e. The third-order valence-electron chi connectivity index (χ3n) is 5.43. The first-order valence-electron chi connectivity index (χ1n) is 8.79. The van der Waals surface area contributed by atoms with Crippen LogP contribution in [0.15, 0.2) is 5.38 Å². The smallest absolute Gasteiger partial charge is 0.0974 e. The normalized spacial score (nSPS) is 25.2. The second-order valence-corrected chi connectivity index (χ2v) is 10.0. The Hall–Kier alpha value is -0.410. The van der Waals surface area contributed by atoms with Crippen molar-refractivity contribution in [1.82, 2.24) is 4.98 Å². The molecule has 1 aliphatic rings. The van der Waals surface area contributed by atoms with E-state index in [2.05, 4.69) is 46.9 Å². The van der Waals surface area contributed by atoms with Gasteiger partial charge in [-0.15, -0.1) is 11.3 Å². The van der Waals surface area contributed by atoms with Crippen molar-refractivity contribution in [1.29, 1.82) is 0 Å². The van der Waals surface area contributed by atoms with E-state index >= 15 is 0 Å². The number of nitrogens with two attached hydrogens (primary N) is 1. The molecule has 1 saturated carbocycles. The van der Waals surface area contributed by atoms with E-state index in [1.807, 2.05) is 11.3 Å². The van der Waals surface area contributed by atoms with E-state index < -0.39 is 0 Å². The van der Waals surface area contributed by atoms with Gasteiger partial charge in [0, 0.05) is 23.3 Å². The monoisotopic (exact) mass is 322 g/mol. The molecule has 0 aliphatic heterocycles. The Morgan fingerprint density at radius 2 is 1.73 bits per heavy atom. The Bertz CT molecular complexity index is 470. The molecule has 2 rings (SSSR count). The topological polar surface area (TPSA) is 38.9 Å². The van der Waals surface area contributed by atoms with E-state index in [1.165, 1.54) is 36.4 Å². The first kappa shape index (κ1) is 17.9. The molecule has 1 atom stereocenters. The van der Waals surface area contributed by atoms with Crippen molar-refractivity contribution < 1.29 is 0 Å². The first-order chi connectivity index (χ1) is 10.1. The summed E-state index contributed by atoms with van der Waals surface area (Å²) in [4.78, 5) is 4.93. The summed E-state index contributed by atoms with van der Waals surface area (Å²) in [5, 5.41) is 3.50. The molecule has 3 heteroatoms. The summed E-state index contributed by atoms with van der Waals surface area (Å²) in [5.74, 6) is 2.05. The fourth-order valence-corrected chi connectivity index (χ4v) is 4.94. The highest BCUT2D eigenvalue weighted by Crippen LogP contribution is 2.44. The summed E-state index contributed by atoms with van der Waals surface area (Å²) in [6, 6.07) is 0. The Labute approximate surface area is 140 Å². The third-order valence-corrected chi connectivity index (χ3v) is 6.40. The van der Waals surface area contributed by atoms with E-state index in [-0.39, 0.29) is 5.41 Å². The number of nitrogens with zero attached hydrogens (tertiary/aromatic N) is 1. The van der Waals surface area contributed by atoms with Crippen LogP contribution in [0.25, 0.3) is 0 Å². The Morgan fingerprint density at radius 3 is 2.14 bits per heavy atom. The van der Waals surface area contributed by atoms with Gasteiger partial charge < -0.3 is 5.73 Å². The molecule has 2 nitrogen and oxygen atoms in total. The molecule has 2 N–H and O–H groups in total. The maximum absolute atomic E-state index is 6.14. The van der Waals surface area contributed by atoms with Crippen molar-refractivity contribution in [3.63, 3.8) is 0 Å². The lowest BCUT2D eigenvalue weighted by atomic mass is 9.67. The molecule has 126 valence electrons. The van der Waals surface area contributed by atoms with Crippen LogP contribution in [0.1, 0.15) is 83.8 Å². The van der Waals surface area contributed by atoms with Gasteiger partial charge in [-0.3, -0.25) is 0 Å². The molecule has 1 fully saturated rings. The summed E-state index contributed by atoms with van der Waals surface area (Å²) in [7, 11) is 0. The van der Waals surface area contributed by atoms with Gasteiger partial charge in [0.2, 0.25) is 0 Å². The lowest BCUT2D eigenvalue weighted by Gasteiger charge is -2.39. The summed E-state index contributed by atoms with van der Waals surface area (Å²) < 4.78 is 0. The van der Waals surface area contributed by atoms with Crippen LogP contribution in [0.2, 0.25) is 0 Å². The molecule has 0 amide bonds. The summed E-state index contributed by atoms with van der Waals surface area (Å²) in [5.41, 5.74) is 7.94. The number of rotatable bonds is 3. The molecule has 0 saturated heterocycles. The minimum absolute atomic E-state index is 0.137. The molecule has 22 heavy (non-hydrogen) atoms. The van der Waals surface area contributed by atoms with Gasteiger partial charge in [-0.05, 0) is 42.9 Å². The molecular formula is C19H34N2S. The molecule has 0 spiro atoms. The quantitative estimate of drug-likeness (QED) is 0.816. The molecule has 0 bridgehead atoms. The van der Waals surface area contributed by atoms with Crippen molar-refractivity contribution in [3.05, 3.63) is 16.1 Å². The molecule has 1 aromatic heterocycles. The van der Waals surface area contributed by atoms with Gasteiger partial charge in [0.1, 0.15) is 0 Å². The number of hydrogen-bond acceptors (Lipinski definition) is 3. The first-order valence-corrected chi connectivity index (χ1v) is 9.67. The fourth-order valence-electron chi connectivity index (χ4n) is 3.68. The Morgan fingerprint density at radius 1 is 1.14 bits per heavy atom. The van der Waals surface area contributed by atoms with Gasteiger partial charge in [-0.2, -0.15) is 0 Å². The lowest BCUT2D eigenvalue weighted by Crippen LogP contribution is -2.30. The third kappa shape index (κ3) is 4.11. The summed E-state index contributed by atoms with van der Waals surface area (Å²) in [6.45, 7) is 14.6. The van der Waals surface area contributed by atoms with Crippen LogP contribution in [-0.2, 0) is 5.41 Å². The molecule has 1 heterocycles. The zero-order valence-corrected chi connectivity index (χ0v) is 16.1. The van der Waals surface area contributed by atoms with Crippen molar-refractivity contribution >= 4 is 11.3 Å². The second kappa shape index (κ2) is 6.60. The van der Waals surface area contributed by atoms with Crippen LogP contribution >= 0.6 is 11.3 Å². The van der Waals surface area contributed by atoms with E-state index in [9.17, 15) is 0 Å². The minimum Gasteiger partial charge on any atom is -0.330 e. The van der Waals surface area contributed by atoms with Crippen LogP contribution in [-0.4, -0.2) is 11.5 Å². The highest BCUT2D eigenvalue weighted by molar-refractivity contribution is 7.09. The van der Waals surface area contributed by atoms with Crippen LogP contribution in [0, 0.1) is 17.3 Å². The van der Waals surface area contributed by atoms with Crippen molar-refractivity contribution in [2.45, 2.75) is 78.6 Å². The van der Waals surface area contributed by atoms with E-state index in [1.54, 1.807) is 0 Å². The number of thiazole rings is 1. The van der Waals surface area contributed by atoms with Crippen LogP contribution in [0.3, 0.4) is 0 Å². The van der Waals surface area contributed by atoms with Crippen LogP contribution in [0.5, 0.6) is 0 Å². The SMILES string of the molecule is CC(C)(C)c1csc(C(CN)C2CCC(C(C)(C)C)CC2)n1. The number of hydrogen-bond donors (Lipinski definition) is 1. The highest BCUT2D eigenvalue weighted by atomic mass is 32.1. The van der Waals surface area contributed by atoms with E-state index in [0.29, 0.717) is 11.3 Å². The zero-order valence-electron chi connectivity index (χ0n) is 15.3. The predicted molar refractivity (Wildman–Crippen MR) is 97.5 cm³/mol. The van der Waals surface area contributed by atoms with Crippen molar-refractivity contribution in [2.75, 3.05) is 6.54 Å². The van der Waals surface area contributed by atoms with Gasteiger partial charge >= 0.3 is 0 Å². The summed E-state index contributed by atoms with van der Waals surface area (Å²) in [6.07, 6.45) is 5.33. The molecule has 1 aromatic rings. The second-order valence-electron chi connectivity index (χ2n) is 9.14. The molecule has 1 aliphatic carbocycles. The molecule has 1 unspecified atom stereocenters. The zero-order chi connectivity index (χ0) is 16.5. The average molecular weight is 323 g/mol. The molecule has 0 aromatic carbocycles. The Kier molecular flexibility index (Phi) is 5.38. The molecular weight excluding hydrogens is 288 g/mol. The highest BCUT2D eigenvalue weighted by Gasteiger charge is 2.34. The van der Waals surface area contributed by atoms with Gasteiger partial charge in [0.05, 0.1) is 10.7 Å². The molecule has 0 radical (unpaired) electrons. The standard InChI is InChI=1S/C19H34N2S/c1-18(2,3)14-9-7-13(8-10-14)15(11-20)17-21-16(12-22-17)19(4,5)6/h12-15H,7-11,20H2,1-6H3. The summed E-state index contributed by atoms with van der Waals surface area (Å²) >= 11 is 1.82. The average Bonchev–Trinajstić information content (AvgIpc) is 2.89. The van der Waals surface area contributed by atoms with Crippen molar-refractivity contribution in [3.8, 4) is 0 Å². The van der Waals surface area contributed by atoms with Gasteiger partial charge in [0.25, 0.3) is 0 Å². The van der Waals surface area contributed by atoms with Gasteiger partial charge in [0.15, 0.2) is 0 Å². The van der Waals surface area contributed by atoms with E-state index in [4.69, 9.17) is 10.7 Å². The Balaban J connectivity index is 2.06. The minimum atomic E-state index is 0.137. The number of aromatic nitrogens is 1. The van der Waals surface area contributed by atoms with Crippen molar-refractivity contribution in [2.24, 2.45) is 23.0 Å². The predicted octanol–water partition coefficient (Wildman–Crippen LogP) is 5.34. The van der Waals surface area contributed by atoms with Crippen LogP contribution < -0.4 is 5.73 Å². The van der Waals surface area contributed by atoms with Gasteiger partial charge in [-0.1, -0.05) is 41.5 Å². The van der Waals surface area contributed by atoms with Crippen LogP contribution in [0.4, 0.5) is 0 Å². The van der Waals surface area contributed by atoms with Gasteiger partial charge in [-0.25, -0.2) is 4.98 Å². The largest absolute Gasteiger partial charge is 0.330 e. The van der Waals surface area contributed by atoms with E-state index in [0.717, 1.165) is 18.4 Å².